The van der Waals surface area contributed by atoms with E-state index >= 15 is 0 Å². The van der Waals surface area contributed by atoms with Crippen LogP contribution in [-0.4, -0.2) is 51.0 Å². The summed E-state index contributed by atoms with van der Waals surface area (Å²) in [5.41, 5.74) is 3.18. The van der Waals surface area contributed by atoms with E-state index in [9.17, 15) is 18.3 Å². The van der Waals surface area contributed by atoms with E-state index in [-0.39, 0.29) is 16.6 Å². The van der Waals surface area contributed by atoms with E-state index in [1.165, 1.54) is 11.1 Å². The highest BCUT2D eigenvalue weighted by atomic mass is 35.5. The first-order chi connectivity index (χ1) is 19.1. The summed E-state index contributed by atoms with van der Waals surface area (Å²) < 4.78 is 34.1. The number of halogens is 1. The first kappa shape index (κ1) is 27.9. The number of rotatable bonds is 0. The molecule has 1 saturated carbocycles. The van der Waals surface area contributed by atoms with Crippen molar-refractivity contribution < 1.29 is 23.1 Å². The van der Waals surface area contributed by atoms with Crippen molar-refractivity contribution in [3.63, 3.8) is 0 Å². The van der Waals surface area contributed by atoms with Crippen LogP contribution in [0.4, 0.5) is 5.69 Å². The average Bonchev–Trinajstić information content (AvgIpc) is 3.06. The van der Waals surface area contributed by atoms with E-state index in [0.717, 1.165) is 55.8 Å². The zero-order chi connectivity index (χ0) is 28.1. The van der Waals surface area contributed by atoms with Gasteiger partial charge in [-0.25, -0.2) is 13.1 Å². The van der Waals surface area contributed by atoms with Gasteiger partial charge in [0.25, 0.3) is 5.91 Å². The lowest BCUT2D eigenvalue weighted by molar-refractivity contribution is -0.0757. The molecule has 1 amide bonds. The Morgan fingerprint density at radius 1 is 1.07 bits per heavy atom. The molecule has 40 heavy (non-hydrogen) atoms. The van der Waals surface area contributed by atoms with Gasteiger partial charge in [-0.3, -0.25) is 4.79 Å². The number of benzene rings is 2. The Bertz CT molecular complexity index is 1410. The second kappa shape index (κ2) is 10.5. The van der Waals surface area contributed by atoms with Crippen LogP contribution in [0.15, 0.2) is 36.4 Å². The maximum atomic E-state index is 13.1. The molecule has 0 unspecified atom stereocenters. The molecule has 2 N–H and O–H groups in total. The van der Waals surface area contributed by atoms with Crippen molar-refractivity contribution in [3.05, 3.63) is 58.1 Å². The molecule has 4 aliphatic rings. The third-order valence-electron chi connectivity index (χ3n) is 10.1. The summed E-state index contributed by atoms with van der Waals surface area (Å²) in [4.78, 5) is 15.5. The highest BCUT2D eigenvalue weighted by molar-refractivity contribution is 7.90. The molecule has 2 heterocycles. The highest BCUT2D eigenvalue weighted by Crippen LogP contribution is 2.52. The van der Waals surface area contributed by atoms with Crippen LogP contribution < -0.4 is 14.4 Å². The molecule has 1 spiro atoms. The van der Waals surface area contributed by atoms with Gasteiger partial charge in [0.1, 0.15) is 5.75 Å². The second-order valence-corrected chi connectivity index (χ2v) is 14.9. The smallest absolute Gasteiger partial charge is 0.264 e. The van der Waals surface area contributed by atoms with Crippen molar-refractivity contribution in [1.82, 2.24) is 4.72 Å². The van der Waals surface area contributed by atoms with Crippen molar-refractivity contribution >= 4 is 33.2 Å². The molecule has 0 radical (unpaired) electrons. The Kier molecular flexibility index (Phi) is 7.33. The summed E-state index contributed by atoms with van der Waals surface area (Å²) >= 11 is 6.38. The number of amides is 1. The molecule has 2 aliphatic carbocycles. The molecular formula is C31H39ClN2O5S. The van der Waals surface area contributed by atoms with Gasteiger partial charge in [0.05, 0.1) is 24.2 Å². The van der Waals surface area contributed by atoms with Crippen LogP contribution in [0.2, 0.25) is 5.02 Å². The summed E-state index contributed by atoms with van der Waals surface area (Å²) in [5, 5.41) is 12.0. The minimum atomic E-state index is -3.76. The van der Waals surface area contributed by atoms with E-state index in [4.69, 9.17) is 16.3 Å². The Hall–Kier alpha value is -2.29. The maximum absolute atomic E-state index is 13.1. The molecular weight excluding hydrogens is 548 g/mol. The van der Waals surface area contributed by atoms with Crippen LogP contribution in [0.25, 0.3) is 0 Å². The minimum Gasteiger partial charge on any atom is -0.490 e. The predicted octanol–water partition coefficient (Wildman–Crippen LogP) is 5.22. The molecule has 2 bridgehead atoms. The number of carbonyl (C=O) groups is 1. The first-order valence-electron chi connectivity index (χ1n) is 14.6. The number of aliphatic hydroxyl groups is 1. The number of nitrogens with zero attached hydrogens (tertiary/aromatic N) is 1. The minimum absolute atomic E-state index is 0.110. The number of ether oxygens (including phenoxy) is 1. The Balaban J connectivity index is 1.42. The molecule has 2 aromatic carbocycles. The van der Waals surface area contributed by atoms with Crippen LogP contribution in [0.1, 0.15) is 79.8 Å². The highest BCUT2D eigenvalue weighted by Gasteiger charge is 2.49. The fraction of sp³-hybridized carbons (Fsp3) is 0.581. The van der Waals surface area contributed by atoms with Gasteiger partial charge in [0.15, 0.2) is 0 Å². The zero-order valence-corrected chi connectivity index (χ0v) is 24.7. The van der Waals surface area contributed by atoms with Crippen LogP contribution in [0.5, 0.6) is 5.75 Å². The molecule has 9 heteroatoms. The lowest BCUT2D eigenvalue weighted by Crippen LogP contribution is -2.54. The average molecular weight is 587 g/mol. The lowest BCUT2D eigenvalue weighted by Gasteiger charge is -2.53. The summed E-state index contributed by atoms with van der Waals surface area (Å²) in [5.74, 6) is 0.265. The van der Waals surface area contributed by atoms with Gasteiger partial charge in [-0.2, -0.15) is 0 Å². The number of hydrogen-bond donors (Lipinski definition) is 2. The Morgan fingerprint density at radius 3 is 2.73 bits per heavy atom. The van der Waals surface area contributed by atoms with E-state index in [0.29, 0.717) is 49.6 Å². The fourth-order valence-electron chi connectivity index (χ4n) is 7.45. The third kappa shape index (κ3) is 5.12. The Morgan fingerprint density at radius 2 is 1.93 bits per heavy atom. The van der Waals surface area contributed by atoms with Crippen LogP contribution in [-0.2, 0) is 21.9 Å². The SMILES string of the molecule is C[C@]12CC[C@H]1CN1C[C@@]3(CCCc4cc(Cl)ccc43)COc3ccc(cc31)C(=O)NS(=O)(=O)CCCCC[C@H]2O. The first-order valence-corrected chi connectivity index (χ1v) is 16.7. The topological polar surface area (TPSA) is 95.9 Å². The molecule has 7 nitrogen and oxygen atoms in total. The van der Waals surface area contributed by atoms with Gasteiger partial charge in [-0.15, -0.1) is 0 Å². The molecule has 0 aromatic heterocycles. The largest absolute Gasteiger partial charge is 0.490 e. The number of carbonyl (C=O) groups excluding carboxylic acids is 1. The van der Waals surface area contributed by atoms with Crippen LogP contribution >= 0.6 is 11.6 Å². The number of aryl methyl sites for hydroxylation is 1. The predicted molar refractivity (Wildman–Crippen MR) is 157 cm³/mol. The van der Waals surface area contributed by atoms with Crippen molar-refractivity contribution in [2.24, 2.45) is 11.3 Å². The second-order valence-electron chi connectivity index (χ2n) is 12.6. The van der Waals surface area contributed by atoms with Gasteiger partial charge in [0, 0.05) is 29.1 Å². The van der Waals surface area contributed by atoms with Gasteiger partial charge in [0.2, 0.25) is 10.0 Å². The van der Waals surface area contributed by atoms with Crippen molar-refractivity contribution in [2.45, 2.75) is 76.2 Å². The molecule has 2 aromatic rings. The summed E-state index contributed by atoms with van der Waals surface area (Å²) in [7, 11) is -3.76. The van der Waals surface area contributed by atoms with E-state index in [1.54, 1.807) is 18.2 Å². The van der Waals surface area contributed by atoms with Crippen LogP contribution in [0, 0.1) is 11.3 Å². The van der Waals surface area contributed by atoms with Crippen LogP contribution in [0.3, 0.4) is 0 Å². The third-order valence-corrected chi connectivity index (χ3v) is 11.7. The monoisotopic (exact) mass is 586 g/mol. The molecule has 1 fully saturated rings. The van der Waals surface area contributed by atoms with Gasteiger partial charge >= 0.3 is 0 Å². The van der Waals surface area contributed by atoms with Crippen molar-refractivity contribution in [3.8, 4) is 5.75 Å². The van der Waals surface area contributed by atoms with Crippen molar-refractivity contribution in [1.29, 1.82) is 0 Å². The number of fused-ring (bicyclic) bond motifs is 4. The van der Waals surface area contributed by atoms with Gasteiger partial charge in [-0.1, -0.05) is 37.4 Å². The molecule has 0 saturated heterocycles. The number of aliphatic hydroxyl groups excluding tert-OH is 1. The normalized spacial score (nSPS) is 32.1. The van der Waals surface area contributed by atoms with Gasteiger partial charge < -0.3 is 14.7 Å². The Labute approximate surface area is 242 Å². The molecule has 6 rings (SSSR count). The van der Waals surface area contributed by atoms with Crippen molar-refractivity contribution in [2.75, 3.05) is 30.3 Å². The summed E-state index contributed by atoms with van der Waals surface area (Å²) in [6.45, 7) is 4.15. The van der Waals surface area contributed by atoms with E-state index in [1.807, 2.05) is 6.07 Å². The quantitative estimate of drug-likeness (QED) is 0.439. The zero-order valence-electron chi connectivity index (χ0n) is 23.1. The molecule has 4 atom stereocenters. The lowest BCUT2D eigenvalue weighted by atomic mass is 9.57. The summed E-state index contributed by atoms with van der Waals surface area (Å²) in [6.07, 6.45) is 7.13. The number of hydrogen-bond acceptors (Lipinski definition) is 6. The standard InChI is InChI=1S/C31H39ClN2O5S/c1-30-14-12-23(30)18-34-19-31(13-5-6-21-16-24(32)9-10-25(21)31)20-39-27-11-8-22(17-26(27)34)29(36)33-40(37,38)15-4-2-3-7-28(30)35/h8-11,16-17,23,28,35H,2-7,12-15,18-20H2,1H3,(H,33,36)/t23-,28+,30-,31-/m0/s1. The molecule has 2 aliphatic heterocycles. The fourth-order valence-corrected chi connectivity index (χ4v) is 8.73. The number of sulfonamides is 1. The summed E-state index contributed by atoms with van der Waals surface area (Å²) in [6, 6.07) is 11.4. The van der Waals surface area contributed by atoms with E-state index in [2.05, 4.69) is 28.7 Å². The van der Waals surface area contributed by atoms with E-state index < -0.39 is 22.0 Å². The van der Waals surface area contributed by atoms with Gasteiger partial charge in [-0.05, 0) is 97.7 Å². The number of anilines is 1. The molecule has 216 valence electrons. The maximum Gasteiger partial charge on any atom is 0.264 e. The number of nitrogens with one attached hydrogen (secondary N) is 1.